The Hall–Kier alpha value is -2.85. The Balaban J connectivity index is 2.14. The summed E-state index contributed by atoms with van der Waals surface area (Å²) < 4.78 is 43.5. The monoisotopic (exact) mass is 450 g/mol. The quantitative estimate of drug-likeness (QED) is 0.387. The Kier molecular flexibility index (Phi) is 6.70. The zero-order chi connectivity index (χ0) is 21.9. The van der Waals surface area contributed by atoms with Crippen LogP contribution in [0.4, 0.5) is 24.5 Å². The van der Waals surface area contributed by atoms with Crippen LogP contribution in [-0.4, -0.2) is 22.9 Å². The lowest BCUT2D eigenvalue weighted by molar-refractivity contribution is -0.385. The number of halogens is 5. The van der Waals surface area contributed by atoms with Crippen LogP contribution in [0.2, 0.25) is 10.0 Å². The van der Waals surface area contributed by atoms with Crippen molar-refractivity contribution in [3.05, 3.63) is 67.7 Å². The maximum atomic E-state index is 12.9. The van der Waals surface area contributed by atoms with Crippen LogP contribution in [0.1, 0.15) is 22.8 Å². The molecule has 1 amide bonds. The minimum atomic E-state index is -4.73. The number of hydrogen-bond acceptors (Lipinski definition) is 5. The van der Waals surface area contributed by atoms with Gasteiger partial charge in [0.25, 0.3) is 11.6 Å². The molecule has 0 aliphatic carbocycles. The average Bonchev–Trinajstić information content (AvgIpc) is 2.61. The molecule has 2 aromatic carbocycles. The van der Waals surface area contributed by atoms with E-state index in [1.807, 2.05) is 0 Å². The van der Waals surface area contributed by atoms with Crippen molar-refractivity contribution in [3.63, 3.8) is 0 Å². The third-order valence-electron chi connectivity index (χ3n) is 3.57. The molecule has 0 saturated heterocycles. The van der Waals surface area contributed by atoms with Crippen LogP contribution in [0, 0.1) is 10.1 Å². The molecule has 1 N–H and O–H groups in total. The molecule has 2 rings (SSSR count). The second-order valence-corrected chi connectivity index (χ2v) is 6.49. The summed E-state index contributed by atoms with van der Waals surface area (Å²) in [5, 5.41) is 12.7. The number of ether oxygens (including phenoxy) is 1. The Morgan fingerprint density at radius 2 is 1.83 bits per heavy atom. The normalized spacial score (nSPS) is 12.2. The number of anilines is 1. The molecule has 154 valence electrons. The molecule has 0 spiro atoms. The van der Waals surface area contributed by atoms with Gasteiger partial charge in [0.1, 0.15) is 5.56 Å². The Bertz CT molecular complexity index is 982. The Morgan fingerprint density at radius 3 is 2.41 bits per heavy atom. The summed E-state index contributed by atoms with van der Waals surface area (Å²) in [6.07, 6.45) is -6.20. The van der Waals surface area contributed by atoms with E-state index in [4.69, 9.17) is 27.9 Å². The van der Waals surface area contributed by atoms with E-state index >= 15 is 0 Å². The first kappa shape index (κ1) is 22.4. The molecule has 0 aromatic heterocycles. The number of carbonyl (C=O) groups excluding carboxylic acids is 2. The summed E-state index contributed by atoms with van der Waals surface area (Å²) in [5.74, 6) is -2.13. The number of nitro groups is 1. The van der Waals surface area contributed by atoms with Gasteiger partial charge in [-0.25, -0.2) is 4.79 Å². The fourth-order valence-electron chi connectivity index (χ4n) is 2.17. The topological polar surface area (TPSA) is 98.5 Å². The van der Waals surface area contributed by atoms with Gasteiger partial charge in [-0.05, 0) is 37.3 Å². The largest absolute Gasteiger partial charge is 0.449 e. The highest BCUT2D eigenvalue weighted by atomic mass is 35.5. The highest BCUT2D eigenvalue weighted by Gasteiger charge is 2.33. The van der Waals surface area contributed by atoms with Crippen molar-refractivity contribution in [2.75, 3.05) is 5.32 Å². The average molecular weight is 451 g/mol. The molecule has 0 radical (unpaired) electrons. The van der Waals surface area contributed by atoms with E-state index in [1.54, 1.807) is 0 Å². The van der Waals surface area contributed by atoms with Crippen molar-refractivity contribution < 1.29 is 32.4 Å². The van der Waals surface area contributed by atoms with Gasteiger partial charge in [-0.1, -0.05) is 23.2 Å². The van der Waals surface area contributed by atoms with Crippen molar-refractivity contribution in [2.24, 2.45) is 0 Å². The number of nitrogens with one attached hydrogen (secondary N) is 1. The highest BCUT2D eigenvalue weighted by Crippen LogP contribution is 2.36. The summed E-state index contributed by atoms with van der Waals surface area (Å²) >= 11 is 11.2. The van der Waals surface area contributed by atoms with Gasteiger partial charge >= 0.3 is 12.1 Å². The number of amides is 1. The van der Waals surface area contributed by atoms with E-state index in [1.165, 1.54) is 6.07 Å². The number of nitro benzene ring substituents is 1. The molecule has 0 fully saturated rings. The maximum Gasteiger partial charge on any atom is 0.417 e. The summed E-state index contributed by atoms with van der Waals surface area (Å²) in [5.41, 5.74) is -2.45. The van der Waals surface area contributed by atoms with Gasteiger partial charge in [0.2, 0.25) is 0 Å². The molecule has 12 heteroatoms. The van der Waals surface area contributed by atoms with Crippen molar-refractivity contribution in [3.8, 4) is 0 Å². The molecule has 2 aromatic rings. The first-order valence-electron chi connectivity index (χ1n) is 7.72. The zero-order valence-electron chi connectivity index (χ0n) is 14.4. The van der Waals surface area contributed by atoms with Gasteiger partial charge in [0.05, 0.1) is 15.5 Å². The number of esters is 1. The number of carbonyl (C=O) groups is 2. The highest BCUT2D eigenvalue weighted by molar-refractivity contribution is 6.31. The van der Waals surface area contributed by atoms with Crippen LogP contribution in [-0.2, 0) is 15.7 Å². The molecule has 0 heterocycles. The van der Waals surface area contributed by atoms with Crippen molar-refractivity contribution in [2.45, 2.75) is 19.2 Å². The summed E-state index contributed by atoms with van der Waals surface area (Å²) in [7, 11) is 0. The minimum Gasteiger partial charge on any atom is -0.449 e. The predicted octanol–water partition coefficient (Wildman–Crippen LogP) is 5.10. The molecule has 1 unspecified atom stereocenters. The lowest BCUT2D eigenvalue weighted by atomic mass is 10.1. The fraction of sp³-hybridized carbons (Fsp3) is 0.176. The molecule has 7 nitrogen and oxygen atoms in total. The molecular weight excluding hydrogens is 440 g/mol. The van der Waals surface area contributed by atoms with Gasteiger partial charge in [-0.15, -0.1) is 0 Å². The van der Waals surface area contributed by atoms with E-state index in [9.17, 15) is 32.9 Å². The predicted molar refractivity (Wildman–Crippen MR) is 98.1 cm³/mol. The number of benzene rings is 2. The third kappa shape index (κ3) is 5.58. The van der Waals surface area contributed by atoms with E-state index in [0.717, 1.165) is 31.2 Å². The minimum absolute atomic E-state index is 0.0160. The summed E-state index contributed by atoms with van der Waals surface area (Å²) in [4.78, 5) is 34.5. The number of nitrogens with zero attached hydrogens (tertiary/aromatic N) is 1. The zero-order valence-corrected chi connectivity index (χ0v) is 15.9. The van der Waals surface area contributed by atoms with Gasteiger partial charge in [-0.3, -0.25) is 14.9 Å². The summed E-state index contributed by atoms with van der Waals surface area (Å²) in [6.45, 7) is 1.15. The summed E-state index contributed by atoms with van der Waals surface area (Å²) in [6, 6.07) is 5.93. The van der Waals surface area contributed by atoms with Crippen molar-refractivity contribution in [1.82, 2.24) is 0 Å². The Morgan fingerprint density at radius 1 is 1.17 bits per heavy atom. The van der Waals surface area contributed by atoms with E-state index in [2.05, 4.69) is 5.32 Å². The van der Waals surface area contributed by atoms with Crippen LogP contribution in [0.3, 0.4) is 0 Å². The SMILES string of the molecule is CC(OC(=O)c1ccc(Cl)cc1[N+](=O)[O-])C(=O)Nc1ccc(Cl)c(C(F)(F)F)c1. The lowest BCUT2D eigenvalue weighted by Crippen LogP contribution is -2.30. The molecular formula is C17H11Cl2F3N2O5. The molecule has 29 heavy (non-hydrogen) atoms. The van der Waals surface area contributed by atoms with E-state index < -0.39 is 50.9 Å². The smallest absolute Gasteiger partial charge is 0.417 e. The van der Waals surface area contributed by atoms with Crippen LogP contribution < -0.4 is 5.32 Å². The van der Waals surface area contributed by atoms with Crippen LogP contribution in [0.15, 0.2) is 36.4 Å². The Labute approximate surface area is 171 Å². The van der Waals surface area contributed by atoms with Crippen LogP contribution in [0.25, 0.3) is 0 Å². The second kappa shape index (κ2) is 8.66. The molecule has 0 aliphatic heterocycles. The number of alkyl halides is 3. The van der Waals surface area contributed by atoms with Crippen molar-refractivity contribution in [1.29, 1.82) is 0 Å². The van der Waals surface area contributed by atoms with Crippen LogP contribution in [0.5, 0.6) is 0 Å². The molecule has 0 aliphatic rings. The molecule has 1 atom stereocenters. The van der Waals surface area contributed by atoms with Gasteiger partial charge in [0.15, 0.2) is 6.10 Å². The molecule has 0 bridgehead atoms. The van der Waals surface area contributed by atoms with Crippen LogP contribution >= 0.6 is 23.2 Å². The van der Waals surface area contributed by atoms with Gasteiger partial charge in [0, 0.05) is 16.8 Å². The maximum absolute atomic E-state index is 12.9. The lowest BCUT2D eigenvalue weighted by Gasteiger charge is -2.15. The van der Waals surface area contributed by atoms with E-state index in [0.29, 0.717) is 6.07 Å². The van der Waals surface area contributed by atoms with Crippen molar-refractivity contribution >= 4 is 46.5 Å². The molecule has 0 saturated carbocycles. The fourth-order valence-corrected chi connectivity index (χ4v) is 2.56. The second-order valence-electron chi connectivity index (χ2n) is 5.65. The van der Waals surface area contributed by atoms with E-state index in [-0.39, 0.29) is 10.7 Å². The number of hydrogen-bond donors (Lipinski definition) is 1. The first-order valence-corrected chi connectivity index (χ1v) is 8.48. The number of rotatable bonds is 5. The standard InChI is InChI=1S/C17H11Cl2F3N2O5/c1-8(29-16(26)11-4-2-9(18)6-14(11)24(27)28)15(25)23-10-3-5-13(19)12(7-10)17(20,21)22/h2-8H,1H3,(H,23,25). The first-order chi connectivity index (χ1) is 13.4. The van der Waals surface area contributed by atoms with Gasteiger partial charge in [-0.2, -0.15) is 13.2 Å². The van der Waals surface area contributed by atoms with Gasteiger partial charge < -0.3 is 10.1 Å². The third-order valence-corrected chi connectivity index (χ3v) is 4.13.